The fourth-order valence-electron chi connectivity index (χ4n) is 2.13. The number of hydrogen-bond acceptors (Lipinski definition) is 4. The van der Waals surface area contributed by atoms with Crippen LogP contribution < -0.4 is 5.73 Å². The number of carbonyl (C=O) groups is 3. The Bertz CT molecular complexity index is 312. The molecule has 6 heteroatoms. The second kappa shape index (κ2) is 7.10. The van der Waals surface area contributed by atoms with Gasteiger partial charge in [0.2, 0.25) is 11.8 Å². The van der Waals surface area contributed by atoms with Crippen LogP contribution in [0.25, 0.3) is 0 Å². The maximum atomic E-state index is 11.8. The third-order valence-corrected chi connectivity index (χ3v) is 3.10. The molecule has 0 unspecified atom stereocenters. The van der Waals surface area contributed by atoms with Gasteiger partial charge in [0.1, 0.15) is 6.04 Å². The first-order valence-corrected chi connectivity index (χ1v) is 6.35. The van der Waals surface area contributed by atoms with E-state index in [0.29, 0.717) is 32.2 Å². The average Bonchev–Trinajstić information content (AvgIpc) is 2.47. The molecule has 0 aliphatic carbocycles. The number of rotatable bonds is 6. The van der Waals surface area contributed by atoms with Gasteiger partial charge in [-0.25, -0.2) is 4.79 Å². The van der Waals surface area contributed by atoms with E-state index in [1.54, 1.807) is 0 Å². The third-order valence-electron chi connectivity index (χ3n) is 3.10. The first-order valence-electron chi connectivity index (χ1n) is 6.35. The Balaban J connectivity index is 2.77. The van der Waals surface area contributed by atoms with Crippen LogP contribution in [0.4, 0.5) is 0 Å². The molecule has 1 heterocycles. The largest absolute Gasteiger partial charge is 0.480 e. The number of carboxylic acids is 1. The molecule has 0 spiro atoms. The number of aliphatic carboxylic acids is 1. The molecule has 1 saturated heterocycles. The predicted molar refractivity (Wildman–Crippen MR) is 64.7 cm³/mol. The minimum atomic E-state index is -1.12. The summed E-state index contributed by atoms with van der Waals surface area (Å²) >= 11 is 0. The molecule has 0 aromatic heterocycles. The molecule has 1 atom stereocenters. The monoisotopic (exact) mass is 256 g/mol. The summed E-state index contributed by atoms with van der Waals surface area (Å²) in [6.07, 6.45) is 3.39. The van der Waals surface area contributed by atoms with E-state index < -0.39 is 12.0 Å². The Hall–Kier alpha value is -1.43. The Morgan fingerprint density at radius 3 is 2.22 bits per heavy atom. The van der Waals surface area contributed by atoms with Crippen LogP contribution in [0.5, 0.6) is 0 Å². The lowest BCUT2D eigenvalue weighted by Crippen LogP contribution is -2.47. The topological polar surface area (TPSA) is 101 Å². The average molecular weight is 256 g/mol. The summed E-state index contributed by atoms with van der Waals surface area (Å²) in [4.78, 5) is 35.8. The summed E-state index contributed by atoms with van der Waals surface area (Å²) in [5.41, 5.74) is 5.35. The zero-order valence-electron chi connectivity index (χ0n) is 10.4. The number of nitrogens with two attached hydrogens (primary N) is 1. The molecule has 18 heavy (non-hydrogen) atoms. The van der Waals surface area contributed by atoms with Crippen LogP contribution in [0.3, 0.4) is 0 Å². The number of amides is 2. The van der Waals surface area contributed by atoms with Gasteiger partial charge in [-0.05, 0) is 38.6 Å². The number of imide groups is 1. The van der Waals surface area contributed by atoms with Gasteiger partial charge >= 0.3 is 5.97 Å². The van der Waals surface area contributed by atoms with Crippen LogP contribution in [0.1, 0.15) is 44.9 Å². The molecule has 0 aromatic carbocycles. The van der Waals surface area contributed by atoms with Crippen molar-refractivity contribution >= 4 is 17.8 Å². The molecule has 0 saturated carbocycles. The fraction of sp³-hybridized carbons (Fsp3) is 0.750. The molecule has 1 fully saturated rings. The van der Waals surface area contributed by atoms with Crippen molar-refractivity contribution < 1.29 is 19.5 Å². The molecule has 0 radical (unpaired) electrons. The lowest BCUT2D eigenvalue weighted by atomic mass is 10.1. The van der Waals surface area contributed by atoms with Gasteiger partial charge in [0.25, 0.3) is 0 Å². The van der Waals surface area contributed by atoms with Gasteiger partial charge in [-0.2, -0.15) is 0 Å². The van der Waals surface area contributed by atoms with Gasteiger partial charge in [-0.15, -0.1) is 0 Å². The third kappa shape index (κ3) is 3.80. The zero-order chi connectivity index (χ0) is 13.5. The summed E-state index contributed by atoms with van der Waals surface area (Å²) in [7, 11) is 0. The van der Waals surface area contributed by atoms with E-state index in [0.717, 1.165) is 4.90 Å². The quantitative estimate of drug-likeness (QED) is 0.532. The second-order valence-electron chi connectivity index (χ2n) is 4.50. The van der Waals surface area contributed by atoms with E-state index in [4.69, 9.17) is 5.73 Å². The highest BCUT2D eigenvalue weighted by Crippen LogP contribution is 2.18. The first kappa shape index (κ1) is 14.6. The Morgan fingerprint density at radius 1 is 1.22 bits per heavy atom. The highest BCUT2D eigenvalue weighted by atomic mass is 16.4. The molecule has 3 N–H and O–H groups in total. The van der Waals surface area contributed by atoms with Crippen molar-refractivity contribution in [1.82, 2.24) is 4.90 Å². The molecule has 6 nitrogen and oxygen atoms in total. The summed E-state index contributed by atoms with van der Waals surface area (Å²) < 4.78 is 0. The van der Waals surface area contributed by atoms with Gasteiger partial charge in [0.15, 0.2) is 0 Å². The first-order chi connectivity index (χ1) is 8.57. The van der Waals surface area contributed by atoms with Gasteiger partial charge in [-0.1, -0.05) is 0 Å². The molecule has 0 bridgehead atoms. The van der Waals surface area contributed by atoms with Gasteiger partial charge in [-0.3, -0.25) is 14.5 Å². The maximum absolute atomic E-state index is 11.8. The minimum Gasteiger partial charge on any atom is -0.480 e. The smallest absolute Gasteiger partial charge is 0.326 e. The van der Waals surface area contributed by atoms with Crippen LogP contribution >= 0.6 is 0 Å². The highest BCUT2D eigenvalue weighted by Gasteiger charge is 2.34. The van der Waals surface area contributed by atoms with Gasteiger partial charge in [0.05, 0.1) is 0 Å². The van der Waals surface area contributed by atoms with Crippen molar-refractivity contribution in [2.75, 3.05) is 6.54 Å². The standard InChI is InChI=1S/C12H20N2O4/c13-8-4-3-5-9(12(17)18)14-10(15)6-1-2-7-11(14)16/h9H,1-8,13H2,(H,17,18)/t9-/m0/s1. The zero-order valence-corrected chi connectivity index (χ0v) is 10.4. The Labute approximate surface area is 106 Å². The Morgan fingerprint density at radius 2 is 1.78 bits per heavy atom. The van der Waals surface area contributed by atoms with E-state index in [2.05, 4.69) is 0 Å². The number of hydrogen-bond donors (Lipinski definition) is 2. The molecule has 0 aromatic rings. The predicted octanol–water partition coefficient (Wildman–Crippen LogP) is 0.498. The number of nitrogens with zero attached hydrogens (tertiary/aromatic N) is 1. The molecule has 1 rings (SSSR count). The summed E-state index contributed by atoms with van der Waals surface area (Å²) in [5, 5.41) is 9.17. The van der Waals surface area contributed by atoms with Crippen LogP contribution in [0.15, 0.2) is 0 Å². The van der Waals surface area contributed by atoms with Crippen molar-refractivity contribution in [1.29, 1.82) is 0 Å². The van der Waals surface area contributed by atoms with Crippen molar-refractivity contribution in [3.05, 3.63) is 0 Å². The Kier molecular flexibility index (Phi) is 5.77. The summed E-state index contributed by atoms with van der Waals surface area (Å²) in [5.74, 6) is -1.84. The number of likely N-dealkylation sites (tertiary alicyclic amines) is 1. The van der Waals surface area contributed by atoms with Crippen LogP contribution in [-0.4, -0.2) is 40.4 Å². The second-order valence-corrected chi connectivity index (χ2v) is 4.50. The SMILES string of the molecule is NCCCC[C@@H](C(=O)O)N1C(=O)CCCCC1=O. The number of unbranched alkanes of at least 4 members (excludes halogenated alkanes) is 1. The van der Waals surface area contributed by atoms with Crippen molar-refractivity contribution in [2.45, 2.75) is 51.0 Å². The van der Waals surface area contributed by atoms with E-state index in [9.17, 15) is 19.5 Å². The van der Waals surface area contributed by atoms with Crippen LogP contribution in [-0.2, 0) is 14.4 Å². The maximum Gasteiger partial charge on any atom is 0.326 e. The van der Waals surface area contributed by atoms with Gasteiger partial charge < -0.3 is 10.8 Å². The minimum absolute atomic E-state index is 0.256. The van der Waals surface area contributed by atoms with E-state index in [1.807, 2.05) is 0 Å². The summed E-state index contributed by atoms with van der Waals surface area (Å²) in [6.45, 7) is 0.480. The van der Waals surface area contributed by atoms with Crippen molar-refractivity contribution in [3.63, 3.8) is 0 Å². The lowest BCUT2D eigenvalue weighted by Gasteiger charge is -2.25. The van der Waals surface area contributed by atoms with Crippen LogP contribution in [0.2, 0.25) is 0 Å². The molecule has 2 amide bonds. The molecular weight excluding hydrogens is 236 g/mol. The highest BCUT2D eigenvalue weighted by molar-refractivity contribution is 5.99. The van der Waals surface area contributed by atoms with E-state index in [1.165, 1.54) is 0 Å². The molecular formula is C12H20N2O4. The molecule has 102 valence electrons. The van der Waals surface area contributed by atoms with Gasteiger partial charge in [0, 0.05) is 12.8 Å². The lowest BCUT2D eigenvalue weighted by molar-refractivity contribution is -0.157. The number of carboxylic acid groups (broad SMARTS) is 1. The van der Waals surface area contributed by atoms with Crippen molar-refractivity contribution in [2.24, 2.45) is 5.73 Å². The number of carbonyl (C=O) groups excluding carboxylic acids is 2. The van der Waals surface area contributed by atoms with E-state index in [-0.39, 0.29) is 31.1 Å². The van der Waals surface area contributed by atoms with Crippen LogP contribution in [0, 0.1) is 0 Å². The molecule has 1 aliphatic heterocycles. The normalized spacial score (nSPS) is 18.6. The van der Waals surface area contributed by atoms with Crippen molar-refractivity contribution in [3.8, 4) is 0 Å². The van der Waals surface area contributed by atoms with E-state index >= 15 is 0 Å². The fourth-order valence-corrected chi connectivity index (χ4v) is 2.13. The molecule has 1 aliphatic rings. The summed E-state index contributed by atoms with van der Waals surface area (Å²) in [6, 6.07) is -1.03.